The first-order valence-corrected chi connectivity index (χ1v) is 6.82. The van der Waals surface area contributed by atoms with E-state index < -0.39 is 0 Å². The van der Waals surface area contributed by atoms with Crippen LogP contribution in [0.5, 0.6) is 0 Å². The van der Waals surface area contributed by atoms with Crippen molar-refractivity contribution in [1.82, 2.24) is 0 Å². The number of carbonyl (C=O) groups is 1. The number of hydrogen-bond donors (Lipinski definition) is 0. The fourth-order valence-corrected chi connectivity index (χ4v) is 2.09. The molecule has 1 aromatic rings. The SMILES string of the molecule is CC(C)(C)c1ccc(/C(Cl)=C(\C=O)CCCl)cc1. The minimum atomic E-state index is 0.109. The lowest BCUT2D eigenvalue weighted by Crippen LogP contribution is -2.10. The molecule has 0 aliphatic rings. The molecule has 0 radical (unpaired) electrons. The molecular formula is C15H18Cl2O. The maximum absolute atomic E-state index is 10.9. The van der Waals surface area contributed by atoms with E-state index in [4.69, 9.17) is 23.2 Å². The number of rotatable bonds is 4. The van der Waals surface area contributed by atoms with Gasteiger partial charge in [0.1, 0.15) is 6.29 Å². The van der Waals surface area contributed by atoms with Crippen LogP contribution in [0.2, 0.25) is 0 Å². The van der Waals surface area contributed by atoms with Crippen LogP contribution in [0.4, 0.5) is 0 Å². The summed E-state index contributed by atoms with van der Waals surface area (Å²) in [5.74, 6) is 0.393. The molecule has 0 aliphatic heterocycles. The fourth-order valence-electron chi connectivity index (χ4n) is 1.62. The van der Waals surface area contributed by atoms with Gasteiger partial charge in [-0.1, -0.05) is 56.6 Å². The molecule has 0 bridgehead atoms. The first-order valence-electron chi connectivity index (χ1n) is 5.91. The van der Waals surface area contributed by atoms with Crippen LogP contribution in [0.15, 0.2) is 29.8 Å². The Balaban J connectivity index is 3.08. The van der Waals surface area contributed by atoms with E-state index in [0.717, 1.165) is 11.8 Å². The molecule has 0 heterocycles. The Morgan fingerprint density at radius 2 is 1.78 bits per heavy atom. The molecule has 0 atom stereocenters. The Kier molecular flexibility index (Phi) is 5.43. The second-order valence-corrected chi connectivity index (χ2v) is 5.98. The molecule has 0 N–H and O–H groups in total. The normalized spacial score (nSPS) is 13.2. The molecule has 1 aromatic carbocycles. The third-order valence-corrected chi connectivity index (χ3v) is 3.44. The zero-order valence-corrected chi connectivity index (χ0v) is 12.5. The van der Waals surface area contributed by atoms with Crippen LogP contribution < -0.4 is 0 Å². The minimum Gasteiger partial charge on any atom is -0.298 e. The molecule has 3 heteroatoms. The van der Waals surface area contributed by atoms with Gasteiger partial charge in [0.2, 0.25) is 0 Å². The van der Waals surface area contributed by atoms with Crippen molar-refractivity contribution >= 4 is 34.5 Å². The lowest BCUT2D eigenvalue weighted by molar-refractivity contribution is -0.104. The van der Waals surface area contributed by atoms with E-state index in [1.54, 1.807) is 0 Å². The lowest BCUT2D eigenvalue weighted by atomic mass is 9.86. The van der Waals surface area contributed by atoms with Gasteiger partial charge in [0.15, 0.2) is 0 Å². The number of allylic oxidation sites excluding steroid dienone is 1. The zero-order valence-electron chi connectivity index (χ0n) is 11.0. The highest BCUT2D eigenvalue weighted by molar-refractivity contribution is 6.50. The van der Waals surface area contributed by atoms with Crippen LogP contribution in [0.3, 0.4) is 0 Å². The average molecular weight is 285 g/mol. The van der Waals surface area contributed by atoms with Gasteiger partial charge in [-0.05, 0) is 23.0 Å². The van der Waals surface area contributed by atoms with E-state index in [9.17, 15) is 4.79 Å². The van der Waals surface area contributed by atoms with Crippen molar-refractivity contribution in [2.75, 3.05) is 5.88 Å². The van der Waals surface area contributed by atoms with Gasteiger partial charge >= 0.3 is 0 Å². The van der Waals surface area contributed by atoms with Crippen molar-refractivity contribution in [2.24, 2.45) is 0 Å². The Labute approximate surface area is 119 Å². The zero-order chi connectivity index (χ0) is 13.8. The summed E-state index contributed by atoms with van der Waals surface area (Å²) in [6.07, 6.45) is 1.27. The molecule has 0 amide bonds. The largest absolute Gasteiger partial charge is 0.298 e. The summed E-state index contributed by atoms with van der Waals surface area (Å²) in [7, 11) is 0. The highest BCUT2D eigenvalue weighted by atomic mass is 35.5. The summed E-state index contributed by atoms with van der Waals surface area (Å²) >= 11 is 11.8. The number of halogens is 2. The van der Waals surface area contributed by atoms with E-state index in [2.05, 4.69) is 20.8 Å². The lowest BCUT2D eigenvalue weighted by Gasteiger charge is -2.19. The molecule has 1 rings (SSSR count). The molecule has 0 spiro atoms. The van der Waals surface area contributed by atoms with E-state index in [1.807, 2.05) is 24.3 Å². The number of carbonyl (C=O) groups excluding carboxylic acids is 1. The highest BCUT2D eigenvalue weighted by Gasteiger charge is 2.14. The van der Waals surface area contributed by atoms with Crippen molar-refractivity contribution in [3.05, 3.63) is 41.0 Å². The molecule has 0 aromatic heterocycles. The molecule has 0 unspecified atom stereocenters. The molecule has 0 fully saturated rings. The first kappa shape index (κ1) is 15.3. The predicted molar refractivity (Wildman–Crippen MR) is 79.3 cm³/mol. The second-order valence-electron chi connectivity index (χ2n) is 5.22. The Morgan fingerprint density at radius 1 is 1.22 bits per heavy atom. The molecular weight excluding hydrogens is 267 g/mol. The highest BCUT2D eigenvalue weighted by Crippen LogP contribution is 2.28. The molecule has 18 heavy (non-hydrogen) atoms. The Hall–Kier alpha value is -0.790. The van der Waals surface area contributed by atoms with Gasteiger partial charge < -0.3 is 0 Å². The van der Waals surface area contributed by atoms with Crippen LogP contribution in [-0.2, 0) is 10.2 Å². The van der Waals surface area contributed by atoms with Gasteiger partial charge in [-0.25, -0.2) is 0 Å². The number of alkyl halides is 1. The summed E-state index contributed by atoms with van der Waals surface area (Å²) in [6, 6.07) is 7.98. The summed E-state index contributed by atoms with van der Waals surface area (Å²) in [4.78, 5) is 10.9. The van der Waals surface area contributed by atoms with Crippen LogP contribution in [0.1, 0.15) is 38.3 Å². The summed E-state index contributed by atoms with van der Waals surface area (Å²) < 4.78 is 0. The third-order valence-electron chi connectivity index (χ3n) is 2.79. The standard InChI is InChI=1S/C15H18Cl2O/c1-15(2,3)13-6-4-11(5-7-13)14(17)12(10-18)8-9-16/h4-7,10H,8-9H2,1-3H3/b14-12+. The van der Waals surface area contributed by atoms with E-state index >= 15 is 0 Å². The first-order chi connectivity index (χ1) is 8.40. The van der Waals surface area contributed by atoms with Crippen LogP contribution in [-0.4, -0.2) is 12.2 Å². The van der Waals surface area contributed by atoms with E-state index in [-0.39, 0.29) is 5.41 Å². The maximum Gasteiger partial charge on any atom is 0.147 e. The second kappa shape index (κ2) is 6.40. The smallest absolute Gasteiger partial charge is 0.147 e. The van der Waals surface area contributed by atoms with Crippen LogP contribution in [0, 0.1) is 0 Å². The van der Waals surface area contributed by atoms with Gasteiger partial charge in [-0.2, -0.15) is 0 Å². The average Bonchev–Trinajstić information content (AvgIpc) is 2.34. The van der Waals surface area contributed by atoms with Gasteiger partial charge in [-0.3, -0.25) is 4.79 Å². The van der Waals surface area contributed by atoms with E-state index in [0.29, 0.717) is 22.9 Å². The topological polar surface area (TPSA) is 17.1 Å². The van der Waals surface area contributed by atoms with Crippen molar-refractivity contribution in [1.29, 1.82) is 0 Å². The van der Waals surface area contributed by atoms with Gasteiger partial charge in [0.05, 0.1) is 5.03 Å². The Morgan fingerprint density at radius 3 is 2.17 bits per heavy atom. The van der Waals surface area contributed by atoms with Gasteiger partial charge in [-0.15, -0.1) is 11.6 Å². The van der Waals surface area contributed by atoms with Crippen molar-refractivity contribution in [3.8, 4) is 0 Å². The number of aldehydes is 1. The molecule has 0 saturated carbocycles. The van der Waals surface area contributed by atoms with E-state index in [1.165, 1.54) is 5.56 Å². The maximum atomic E-state index is 10.9. The molecule has 98 valence electrons. The van der Waals surface area contributed by atoms with Crippen molar-refractivity contribution < 1.29 is 4.79 Å². The number of benzene rings is 1. The fraction of sp³-hybridized carbons (Fsp3) is 0.400. The predicted octanol–water partition coefficient (Wildman–Crippen LogP) is 4.76. The quantitative estimate of drug-likeness (QED) is 0.443. The van der Waals surface area contributed by atoms with Crippen molar-refractivity contribution in [2.45, 2.75) is 32.6 Å². The monoisotopic (exact) mass is 284 g/mol. The number of hydrogen-bond acceptors (Lipinski definition) is 1. The Bertz CT molecular complexity index is 439. The van der Waals surface area contributed by atoms with Crippen molar-refractivity contribution in [3.63, 3.8) is 0 Å². The van der Waals surface area contributed by atoms with Gasteiger partial charge in [0, 0.05) is 11.5 Å². The van der Waals surface area contributed by atoms with Crippen LogP contribution in [0.25, 0.3) is 5.03 Å². The molecule has 1 nitrogen and oxygen atoms in total. The van der Waals surface area contributed by atoms with Crippen LogP contribution >= 0.6 is 23.2 Å². The van der Waals surface area contributed by atoms with Gasteiger partial charge in [0.25, 0.3) is 0 Å². The third kappa shape index (κ3) is 3.86. The molecule has 0 aliphatic carbocycles. The molecule has 0 saturated heterocycles. The minimum absolute atomic E-state index is 0.109. The summed E-state index contributed by atoms with van der Waals surface area (Å²) in [6.45, 7) is 6.47. The summed E-state index contributed by atoms with van der Waals surface area (Å²) in [5.41, 5.74) is 2.76. The summed E-state index contributed by atoms with van der Waals surface area (Å²) in [5, 5.41) is 0.492.